The number of aliphatic hydroxyl groups is 1. The average Bonchev–Trinajstić information content (AvgIpc) is 2.64. The molecule has 0 bridgehead atoms. The van der Waals surface area contributed by atoms with Gasteiger partial charge in [-0.25, -0.2) is 4.39 Å². The monoisotopic (exact) mass is 301 g/mol. The molecule has 0 aliphatic heterocycles. The van der Waals surface area contributed by atoms with Gasteiger partial charge in [0.2, 0.25) is 0 Å². The summed E-state index contributed by atoms with van der Waals surface area (Å²) in [4.78, 5) is 0. The van der Waals surface area contributed by atoms with Crippen LogP contribution in [0.5, 0.6) is 0 Å². The molecule has 1 aliphatic rings. The fourth-order valence-corrected chi connectivity index (χ4v) is 2.88. The molecule has 0 atom stereocenters. The number of halogens is 2. The van der Waals surface area contributed by atoms with Gasteiger partial charge in [-0.1, -0.05) is 28.8 Å². The third-order valence-electron chi connectivity index (χ3n) is 3.24. The SMILES string of the molecule is OC1(CNCc2cc(F)cc(Br)c2)CCCC1. The van der Waals surface area contributed by atoms with Gasteiger partial charge in [0.1, 0.15) is 5.82 Å². The lowest BCUT2D eigenvalue weighted by Gasteiger charge is -2.22. The molecule has 2 N–H and O–H groups in total. The molecular weight excluding hydrogens is 285 g/mol. The molecule has 0 radical (unpaired) electrons. The number of rotatable bonds is 4. The van der Waals surface area contributed by atoms with Crippen molar-refractivity contribution in [2.75, 3.05) is 6.54 Å². The Morgan fingerprint density at radius 3 is 2.65 bits per heavy atom. The van der Waals surface area contributed by atoms with E-state index < -0.39 is 5.60 Å². The molecule has 0 heterocycles. The molecule has 0 aromatic heterocycles. The van der Waals surface area contributed by atoms with E-state index in [0.29, 0.717) is 13.1 Å². The Labute approximate surface area is 109 Å². The van der Waals surface area contributed by atoms with Crippen molar-refractivity contribution in [3.05, 3.63) is 34.1 Å². The molecule has 1 aromatic carbocycles. The van der Waals surface area contributed by atoms with Gasteiger partial charge >= 0.3 is 0 Å². The number of hydrogen-bond acceptors (Lipinski definition) is 2. The van der Waals surface area contributed by atoms with Crippen molar-refractivity contribution in [2.45, 2.75) is 37.8 Å². The predicted molar refractivity (Wildman–Crippen MR) is 69.2 cm³/mol. The molecule has 1 fully saturated rings. The third-order valence-corrected chi connectivity index (χ3v) is 3.70. The summed E-state index contributed by atoms with van der Waals surface area (Å²) in [7, 11) is 0. The van der Waals surface area contributed by atoms with E-state index in [1.807, 2.05) is 6.07 Å². The smallest absolute Gasteiger partial charge is 0.124 e. The molecule has 94 valence electrons. The minimum Gasteiger partial charge on any atom is -0.389 e. The highest BCUT2D eigenvalue weighted by Crippen LogP contribution is 2.28. The highest BCUT2D eigenvalue weighted by Gasteiger charge is 2.30. The zero-order valence-corrected chi connectivity index (χ0v) is 11.3. The lowest BCUT2D eigenvalue weighted by molar-refractivity contribution is 0.0475. The van der Waals surface area contributed by atoms with Crippen LogP contribution < -0.4 is 5.32 Å². The first-order valence-corrected chi connectivity index (χ1v) is 6.75. The third kappa shape index (κ3) is 3.76. The van der Waals surface area contributed by atoms with Gasteiger partial charge in [-0.3, -0.25) is 0 Å². The van der Waals surface area contributed by atoms with Crippen molar-refractivity contribution >= 4 is 15.9 Å². The van der Waals surface area contributed by atoms with Crippen molar-refractivity contribution < 1.29 is 9.50 Å². The van der Waals surface area contributed by atoms with Crippen molar-refractivity contribution in [1.29, 1.82) is 0 Å². The van der Waals surface area contributed by atoms with Gasteiger partial charge < -0.3 is 10.4 Å². The summed E-state index contributed by atoms with van der Waals surface area (Å²) in [6, 6.07) is 4.83. The summed E-state index contributed by atoms with van der Waals surface area (Å²) in [5.74, 6) is -0.240. The lowest BCUT2D eigenvalue weighted by Crippen LogP contribution is -2.37. The van der Waals surface area contributed by atoms with Gasteiger partial charge in [-0.15, -0.1) is 0 Å². The molecule has 0 saturated heterocycles. The largest absolute Gasteiger partial charge is 0.389 e. The highest BCUT2D eigenvalue weighted by molar-refractivity contribution is 9.10. The second kappa shape index (κ2) is 5.46. The fraction of sp³-hybridized carbons (Fsp3) is 0.538. The Bertz CT molecular complexity index is 371. The predicted octanol–water partition coefficient (Wildman–Crippen LogP) is 2.98. The second-order valence-electron chi connectivity index (χ2n) is 4.81. The van der Waals surface area contributed by atoms with Crippen LogP contribution in [0.4, 0.5) is 4.39 Å². The minimum atomic E-state index is -0.551. The van der Waals surface area contributed by atoms with Crippen LogP contribution in [-0.4, -0.2) is 17.3 Å². The first kappa shape index (κ1) is 13.0. The topological polar surface area (TPSA) is 32.3 Å². The average molecular weight is 302 g/mol. The first-order valence-electron chi connectivity index (χ1n) is 5.95. The van der Waals surface area contributed by atoms with Gasteiger partial charge in [-0.2, -0.15) is 0 Å². The Morgan fingerprint density at radius 2 is 2.00 bits per heavy atom. The van der Waals surface area contributed by atoms with Crippen LogP contribution >= 0.6 is 15.9 Å². The van der Waals surface area contributed by atoms with E-state index in [0.717, 1.165) is 35.7 Å². The zero-order valence-electron chi connectivity index (χ0n) is 9.68. The summed E-state index contributed by atoms with van der Waals surface area (Å²) < 4.78 is 13.9. The van der Waals surface area contributed by atoms with E-state index in [1.54, 1.807) is 0 Å². The van der Waals surface area contributed by atoms with Crippen molar-refractivity contribution in [1.82, 2.24) is 5.32 Å². The number of benzene rings is 1. The maximum atomic E-state index is 13.1. The van der Waals surface area contributed by atoms with Crippen molar-refractivity contribution in [2.24, 2.45) is 0 Å². The summed E-state index contributed by atoms with van der Waals surface area (Å²) in [6.07, 6.45) is 3.94. The molecule has 1 saturated carbocycles. The molecule has 1 aliphatic carbocycles. The molecule has 0 unspecified atom stereocenters. The minimum absolute atomic E-state index is 0.240. The van der Waals surface area contributed by atoms with E-state index in [-0.39, 0.29) is 5.82 Å². The maximum Gasteiger partial charge on any atom is 0.124 e. The van der Waals surface area contributed by atoms with Crippen LogP contribution in [0.15, 0.2) is 22.7 Å². The van der Waals surface area contributed by atoms with Gasteiger partial charge in [0.15, 0.2) is 0 Å². The van der Waals surface area contributed by atoms with Gasteiger partial charge in [0.25, 0.3) is 0 Å². The van der Waals surface area contributed by atoms with E-state index in [2.05, 4.69) is 21.2 Å². The first-order chi connectivity index (χ1) is 8.07. The molecule has 1 aromatic rings. The van der Waals surface area contributed by atoms with Crippen LogP contribution in [0, 0.1) is 5.82 Å². The Balaban J connectivity index is 1.85. The van der Waals surface area contributed by atoms with Crippen molar-refractivity contribution in [3.63, 3.8) is 0 Å². The molecular formula is C13H17BrFNO. The zero-order chi connectivity index (χ0) is 12.3. The Hall–Kier alpha value is -0.450. The van der Waals surface area contributed by atoms with Crippen LogP contribution in [-0.2, 0) is 6.54 Å². The lowest BCUT2D eigenvalue weighted by atomic mass is 10.0. The fourth-order valence-electron chi connectivity index (χ4n) is 2.36. The maximum absolute atomic E-state index is 13.1. The summed E-state index contributed by atoms with van der Waals surface area (Å²) >= 11 is 3.26. The number of nitrogens with one attached hydrogen (secondary N) is 1. The van der Waals surface area contributed by atoms with Crippen LogP contribution in [0.2, 0.25) is 0 Å². The molecule has 0 spiro atoms. The van der Waals surface area contributed by atoms with E-state index in [9.17, 15) is 9.50 Å². The van der Waals surface area contributed by atoms with Gasteiger partial charge in [0.05, 0.1) is 5.60 Å². The van der Waals surface area contributed by atoms with Crippen LogP contribution in [0.3, 0.4) is 0 Å². The van der Waals surface area contributed by atoms with Crippen LogP contribution in [0.1, 0.15) is 31.2 Å². The van der Waals surface area contributed by atoms with Crippen molar-refractivity contribution in [3.8, 4) is 0 Å². The summed E-state index contributed by atoms with van der Waals surface area (Å²) in [6.45, 7) is 1.17. The Morgan fingerprint density at radius 1 is 1.29 bits per heavy atom. The molecule has 0 amide bonds. The van der Waals surface area contributed by atoms with Crippen LogP contribution in [0.25, 0.3) is 0 Å². The molecule has 2 rings (SSSR count). The van der Waals surface area contributed by atoms with E-state index in [4.69, 9.17) is 0 Å². The normalized spacial score (nSPS) is 18.5. The molecule has 2 nitrogen and oxygen atoms in total. The van der Waals surface area contributed by atoms with E-state index >= 15 is 0 Å². The quantitative estimate of drug-likeness (QED) is 0.896. The van der Waals surface area contributed by atoms with E-state index in [1.165, 1.54) is 12.1 Å². The Kier molecular flexibility index (Phi) is 4.17. The van der Waals surface area contributed by atoms with Gasteiger partial charge in [-0.05, 0) is 36.6 Å². The molecule has 17 heavy (non-hydrogen) atoms. The highest BCUT2D eigenvalue weighted by atomic mass is 79.9. The summed E-state index contributed by atoms with van der Waals surface area (Å²) in [5, 5.41) is 13.3. The second-order valence-corrected chi connectivity index (χ2v) is 5.73. The molecule has 4 heteroatoms. The number of hydrogen-bond donors (Lipinski definition) is 2. The standard InChI is InChI=1S/C13H17BrFNO/c14-11-5-10(6-12(15)7-11)8-16-9-13(17)3-1-2-4-13/h5-7,16-17H,1-4,8-9H2. The summed E-state index contributed by atoms with van der Waals surface area (Å²) in [5.41, 5.74) is 0.336. The van der Waals surface area contributed by atoms with Gasteiger partial charge in [0, 0.05) is 17.6 Å².